The van der Waals surface area contributed by atoms with E-state index in [0.29, 0.717) is 13.2 Å². The lowest BCUT2D eigenvalue weighted by Crippen LogP contribution is -2.28. The van der Waals surface area contributed by atoms with Crippen LogP contribution in [0.25, 0.3) is 0 Å². The third kappa shape index (κ3) is 29.0. The van der Waals surface area contributed by atoms with E-state index in [-0.39, 0.29) is 5.41 Å². The molecule has 2 heteroatoms. The normalized spacial score (nSPS) is 12.8. The lowest BCUT2D eigenvalue weighted by molar-refractivity contribution is 0.0911. The molecule has 246 valence electrons. The van der Waals surface area contributed by atoms with Crippen LogP contribution in [0.2, 0.25) is 0 Å². The summed E-state index contributed by atoms with van der Waals surface area (Å²) >= 11 is 0. The van der Waals surface area contributed by atoms with Gasteiger partial charge in [0, 0.05) is 6.61 Å². The number of unbranched alkanes of at least 4 members (excludes halogenated alkanes) is 18. The molecule has 0 amide bonds. The molecule has 0 bridgehead atoms. The minimum atomic E-state index is 0.0687. The first-order valence-electron chi connectivity index (χ1n) is 18.7. The maximum absolute atomic E-state index is 10.3. The molecule has 0 aliphatic heterocycles. The van der Waals surface area contributed by atoms with Crippen molar-refractivity contribution in [3.8, 4) is 0 Å². The van der Waals surface area contributed by atoms with Crippen LogP contribution >= 0.6 is 0 Å². The summed E-state index contributed by atoms with van der Waals surface area (Å²) in [6, 6.07) is 0. The second-order valence-electron chi connectivity index (χ2n) is 12.9. The molecular formula is C40H75NO. The van der Waals surface area contributed by atoms with Crippen molar-refractivity contribution in [2.45, 2.75) is 187 Å². The Kier molecular flexibility index (Phi) is 33.5. The fourth-order valence-corrected chi connectivity index (χ4v) is 5.89. The summed E-state index contributed by atoms with van der Waals surface area (Å²) in [7, 11) is 0. The minimum Gasteiger partial charge on any atom is -0.396 e. The Bertz CT molecular complexity index is 584. The summed E-state index contributed by atoms with van der Waals surface area (Å²) in [5.74, 6) is 0. The van der Waals surface area contributed by atoms with Crippen LogP contribution in [0.4, 0.5) is 0 Å². The number of hydrogen-bond donors (Lipinski definition) is 2. The van der Waals surface area contributed by atoms with Gasteiger partial charge < -0.3 is 10.8 Å². The second kappa shape index (κ2) is 34.4. The van der Waals surface area contributed by atoms with Crippen molar-refractivity contribution in [3.63, 3.8) is 0 Å². The monoisotopic (exact) mass is 586 g/mol. The van der Waals surface area contributed by atoms with Gasteiger partial charge in [-0.3, -0.25) is 0 Å². The molecule has 0 aliphatic carbocycles. The Labute approximate surface area is 264 Å². The fourth-order valence-electron chi connectivity index (χ4n) is 5.89. The molecule has 2 nitrogen and oxygen atoms in total. The third-order valence-electron chi connectivity index (χ3n) is 8.83. The van der Waals surface area contributed by atoms with Crippen LogP contribution in [-0.2, 0) is 0 Å². The number of allylic oxidation sites excluding steroid dienone is 8. The summed E-state index contributed by atoms with van der Waals surface area (Å²) in [6.45, 7) is 5.53. The smallest absolute Gasteiger partial charge is 0.0487 e. The zero-order valence-corrected chi connectivity index (χ0v) is 28.6. The van der Waals surface area contributed by atoms with E-state index in [4.69, 9.17) is 5.73 Å². The molecule has 0 fully saturated rings. The van der Waals surface area contributed by atoms with Gasteiger partial charge in [0.25, 0.3) is 0 Å². The standard InChI is InChI=1S/C40H75NO/c1-3-5-7-9-11-13-15-17-19-21-23-25-27-29-31-33-35-40(39-42,37-38-41)36-34-32-30-28-26-24-22-20-18-16-14-12-10-8-6-4-2/h11-14,17-20,42H,3-10,15-16,21-39,41H2,1-2H3/b13-11-,14-12-,19-17-,20-18-. The van der Waals surface area contributed by atoms with Crippen LogP contribution < -0.4 is 5.73 Å². The van der Waals surface area contributed by atoms with Gasteiger partial charge in [-0.1, -0.05) is 152 Å². The van der Waals surface area contributed by atoms with Gasteiger partial charge in [-0.2, -0.15) is 0 Å². The predicted octanol–water partition coefficient (Wildman–Crippen LogP) is 12.7. The lowest BCUT2D eigenvalue weighted by Gasteiger charge is -2.32. The van der Waals surface area contributed by atoms with E-state index in [9.17, 15) is 5.11 Å². The Morgan fingerprint density at radius 2 is 0.762 bits per heavy atom. The number of hydrogen-bond acceptors (Lipinski definition) is 2. The average Bonchev–Trinajstić information content (AvgIpc) is 3.00. The first kappa shape index (κ1) is 40.9. The maximum Gasteiger partial charge on any atom is 0.0487 e. The van der Waals surface area contributed by atoms with Crippen LogP contribution in [0.3, 0.4) is 0 Å². The van der Waals surface area contributed by atoms with E-state index in [1.54, 1.807) is 0 Å². The highest BCUT2D eigenvalue weighted by Crippen LogP contribution is 2.34. The van der Waals surface area contributed by atoms with E-state index in [1.807, 2.05) is 0 Å². The van der Waals surface area contributed by atoms with Gasteiger partial charge >= 0.3 is 0 Å². The van der Waals surface area contributed by atoms with E-state index in [1.165, 1.54) is 141 Å². The molecule has 0 aliphatic rings. The quantitative estimate of drug-likeness (QED) is 0.0594. The number of rotatable bonds is 33. The highest BCUT2D eigenvalue weighted by atomic mass is 16.3. The van der Waals surface area contributed by atoms with Crippen LogP contribution in [0.5, 0.6) is 0 Å². The zero-order valence-electron chi connectivity index (χ0n) is 28.6. The van der Waals surface area contributed by atoms with Gasteiger partial charge in [-0.15, -0.1) is 0 Å². The summed E-state index contributed by atoms with van der Waals surface area (Å²) in [5.41, 5.74) is 6.05. The largest absolute Gasteiger partial charge is 0.396 e. The highest BCUT2D eigenvalue weighted by molar-refractivity contribution is 4.93. The van der Waals surface area contributed by atoms with Crippen molar-refractivity contribution in [1.82, 2.24) is 0 Å². The average molecular weight is 586 g/mol. The van der Waals surface area contributed by atoms with E-state index < -0.39 is 0 Å². The SMILES string of the molecule is CCCCC/C=C\C/C=C\CCCCCCCCC(CO)(CCN)CCCCCCCC/C=C\C/C=C\CCCCC. The molecule has 3 N–H and O–H groups in total. The predicted molar refractivity (Wildman–Crippen MR) is 191 cm³/mol. The van der Waals surface area contributed by atoms with E-state index in [2.05, 4.69) is 62.5 Å². The Morgan fingerprint density at radius 3 is 1.10 bits per heavy atom. The molecule has 0 aromatic carbocycles. The van der Waals surface area contributed by atoms with Crippen LogP contribution in [0, 0.1) is 5.41 Å². The van der Waals surface area contributed by atoms with Crippen molar-refractivity contribution in [2.24, 2.45) is 11.1 Å². The molecule has 0 rings (SSSR count). The Hall–Kier alpha value is -1.12. The molecule has 0 aromatic rings. The van der Waals surface area contributed by atoms with Crippen molar-refractivity contribution in [3.05, 3.63) is 48.6 Å². The number of nitrogens with two attached hydrogens (primary N) is 1. The minimum absolute atomic E-state index is 0.0687. The summed E-state index contributed by atoms with van der Waals surface area (Å²) in [4.78, 5) is 0. The van der Waals surface area contributed by atoms with Gasteiger partial charge in [0.1, 0.15) is 0 Å². The number of aliphatic hydroxyl groups excluding tert-OH is 1. The Morgan fingerprint density at radius 1 is 0.429 bits per heavy atom. The molecular weight excluding hydrogens is 510 g/mol. The highest BCUT2D eigenvalue weighted by Gasteiger charge is 2.27. The first-order chi connectivity index (χ1) is 20.7. The third-order valence-corrected chi connectivity index (χ3v) is 8.83. The summed E-state index contributed by atoms with van der Waals surface area (Å²) in [5, 5.41) is 10.3. The lowest BCUT2D eigenvalue weighted by atomic mass is 9.76. The zero-order chi connectivity index (χ0) is 30.7. The molecule has 0 unspecified atom stereocenters. The van der Waals surface area contributed by atoms with Crippen molar-refractivity contribution < 1.29 is 5.11 Å². The summed E-state index contributed by atoms with van der Waals surface area (Å²) in [6.07, 6.45) is 52.9. The van der Waals surface area contributed by atoms with Gasteiger partial charge in [0.15, 0.2) is 0 Å². The molecule has 42 heavy (non-hydrogen) atoms. The first-order valence-corrected chi connectivity index (χ1v) is 18.7. The second-order valence-corrected chi connectivity index (χ2v) is 12.9. The summed E-state index contributed by atoms with van der Waals surface area (Å²) < 4.78 is 0. The van der Waals surface area contributed by atoms with Crippen molar-refractivity contribution in [1.29, 1.82) is 0 Å². The van der Waals surface area contributed by atoms with Gasteiger partial charge in [-0.25, -0.2) is 0 Å². The molecule has 0 saturated carbocycles. The van der Waals surface area contributed by atoms with Crippen LogP contribution in [0.15, 0.2) is 48.6 Å². The number of aliphatic hydroxyl groups is 1. The van der Waals surface area contributed by atoms with Gasteiger partial charge in [-0.05, 0) is 95.4 Å². The molecule has 0 heterocycles. The van der Waals surface area contributed by atoms with Crippen LogP contribution in [0.1, 0.15) is 187 Å². The van der Waals surface area contributed by atoms with Gasteiger partial charge in [0.2, 0.25) is 0 Å². The van der Waals surface area contributed by atoms with Crippen molar-refractivity contribution in [2.75, 3.05) is 13.2 Å². The molecule has 0 atom stereocenters. The maximum atomic E-state index is 10.3. The molecule has 0 saturated heterocycles. The molecule has 0 spiro atoms. The van der Waals surface area contributed by atoms with E-state index in [0.717, 1.165) is 32.1 Å². The topological polar surface area (TPSA) is 46.2 Å². The Balaban J connectivity index is 3.78. The van der Waals surface area contributed by atoms with Crippen molar-refractivity contribution >= 4 is 0 Å². The molecule has 0 aromatic heterocycles. The fraction of sp³-hybridized carbons (Fsp3) is 0.800. The van der Waals surface area contributed by atoms with E-state index >= 15 is 0 Å². The molecule has 0 radical (unpaired) electrons. The van der Waals surface area contributed by atoms with Crippen LogP contribution in [-0.4, -0.2) is 18.3 Å². The van der Waals surface area contributed by atoms with Gasteiger partial charge in [0.05, 0.1) is 0 Å².